The number of sulfonamides is 1. The molecule has 0 bridgehead atoms. The Morgan fingerprint density at radius 1 is 1.12 bits per heavy atom. The second kappa shape index (κ2) is 8.06. The summed E-state index contributed by atoms with van der Waals surface area (Å²) in [5.41, 5.74) is -0.298. The summed E-state index contributed by atoms with van der Waals surface area (Å²) in [4.78, 5) is 40.0. The number of carbonyl (C=O) groups excluding carboxylic acids is 2. The van der Waals surface area contributed by atoms with Gasteiger partial charge in [0, 0.05) is 12.3 Å². The fraction of sp³-hybridized carbons (Fsp3) is 0.0952. The minimum absolute atomic E-state index is 0.0264. The van der Waals surface area contributed by atoms with Crippen molar-refractivity contribution in [2.75, 3.05) is 4.72 Å². The van der Waals surface area contributed by atoms with Gasteiger partial charge in [0.2, 0.25) is 0 Å². The first-order valence-electron chi connectivity index (χ1n) is 9.46. The third kappa shape index (κ3) is 3.91. The highest BCUT2D eigenvalue weighted by atomic mass is 32.2. The summed E-state index contributed by atoms with van der Waals surface area (Å²) < 4.78 is 42.5. The molecule has 2 heterocycles. The van der Waals surface area contributed by atoms with E-state index in [1.54, 1.807) is 0 Å². The molecule has 0 radical (unpaired) electrons. The molecule has 2 aromatic carbocycles. The summed E-state index contributed by atoms with van der Waals surface area (Å²) in [5, 5.41) is 11.2. The maximum atomic E-state index is 14.0. The molecule has 0 atom stereocenters. The van der Waals surface area contributed by atoms with E-state index in [-0.39, 0.29) is 33.8 Å². The average molecular weight is 470 g/mol. The molecule has 33 heavy (non-hydrogen) atoms. The number of nitrogens with one attached hydrogen (secondary N) is 1. The number of aromatic nitrogens is 1. The number of anilines is 1. The Bertz CT molecular complexity index is 1410. The number of nitrogens with zero attached hydrogens (tertiary/aromatic N) is 3. The van der Waals surface area contributed by atoms with E-state index in [0.29, 0.717) is 0 Å². The smallest absolute Gasteiger partial charge is 0.279 e. The third-order valence-corrected chi connectivity index (χ3v) is 6.57. The summed E-state index contributed by atoms with van der Waals surface area (Å²) >= 11 is 0. The first kappa shape index (κ1) is 22.0. The van der Waals surface area contributed by atoms with Gasteiger partial charge in [-0.25, -0.2) is 12.8 Å². The van der Waals surface area contributed by atoms with Gasteiger partial charge in [-0.3, -0.25) is 34.3 Å². The van der Waals surface area contributed by atoms with Gasteiger partial charge in [0.15, 0.2) is 0 Å². The maximum Gasteiger partial charge on any atom is 0.280 e. The molecule has 1 aliphatic heterocycles. The number of imide groups is 1. The van der Waals surface area contributed by atoms with Crippen molar-refractivity contribution in [3.8, 4) is 0 Å². The molecule has 4 rings (SSSR count). The molecule has 0 unspecified atom stereocenters. The van der Waals surface area contributed by atoms with Gasteiger partial charge >= 0.3 is 0 Å². The van der Waals surface area contributed by atoms with Crippen LogP contribution in [0.4, 0.5) is 15.8 Å². The summed E-state index contributed by atoms with van der Waals surface area (Å²) in [5.74, 6) is -2.22. The molecule has 0 spiro atoms. The second-order valence-electron chi connectivity index (χ2n) is 7.16. The fourth-order valence-electron chi connectivity index (χ4n) is 3.47. The van der Waals surface area contributed by atoms with Crippen LogP contribution >= 0.6 is 0 Å². The molecule has 1 aromatic heterocycles. The highest BCUT2D eigenvalue weighted by Crippen LogP contribution is 2.30. The fourth-order valence-corrected chi connectivity index (χ4v) is 4.83. The van der Waals surface area contributed by atoms with Crippen LogP contribution in [-0.4, -0.2) is 35.0 Å². The van der Waals surface area contributed by atoms with Crippen molar-refractivity contribution in [2.24, 2.45) is 0 Å². The van der Waals surface area contributed by atoms with E-state index in [9.17, 15) is 32.5 Å². The molecule has 1 aliphatic rings. The van der Waals surface area contributed by atoms with Gasteiger partial charge in [-0.1, -0.05) is 12.1 Å². The number of benzene rings is 2. The molecule has 1 N–H and O–H groups in total. The molecule has 168 valence electrons. The average Bonchev–Trinajstić information content (AvgIpc) is 3.01. The Hall–Kier alpha value is -4.19. The number of rotatable bonds is 6. The van der Waals surface area contributed by atoms with Crippen molar-refractivity contribution < 1.29 is 27.3 Å². The van der Waals surface area contributed by atoms with Crippen LogP contribution in [0.2, 0.25) is 0 Å². The van der Waals surface area contributed by atoms with Crippen molar-refractivity contribution in [1.82, 2.24) is 9.88 Å². The third-order valence-electron chi connectivity index (χ3n) is 5.12. The highest BCUT2D eigenvalue weighted by molar-refractivity contribution is 7.92. The van der Waals surface area contributed by atoms with Crippen molar-refractivity contribution in [2.45, 2.75) is 18.4 Å². The normalized spacial score (nSPS) is 13.2. The molecular formula is C21H15FN4O6S. The van der Waals surface area contributed by atoms with Gasteiger partial charge in [-0.2, -0.15) is 0 Å². The molecule has 12 heteroatoms. The lowest BCUT2D eigenvalue weighted by molar-refractivity contribution is -0.385. The number of halogens is 1. The van der Waals surface area contributed by atoms with Gasteiger partial charge < -0.3 is 0 Å². The number of pyridine rings is 1. The minimum atomic E-state index is -4.45. The van der Waals surface area contributed by atoms with Gasteiger partial charge in [-0.15, -0.1) is 0 Å². The molecular weight excluding hydrogens is 455 g/mol. The van der Waals surface area contributed by atoms with Crippen LogP contribution in [-0.2, 0) is 16.6 Å². The summed E-state index contributed by atoms with van der Waals surface area (Å²) in [6, 6.07) is 9.68. The molecule has 0 saturated heterocycles. The molecule has 0 aliphatic carbocycles. The zero-order valence-corrected chi connectivity index (χ0v) is 17.8. The Morgan fingerprint density at radius 2 is 1.88 bits per heavy atom. The van der Waals surface area contributed by atoms with E-state index in [1.807, 2.05) is 0 Å². The van der Waals surface area contributed by atoms with Crippen LogP contribution in [0.1, 0.15) is 32.0 Å². The lowest BCUT2D eigenvalue weighted by atomic mass is 10.2. The van der Waals surface area contributed by atoms with E-state index in [0.717, 1.165) is 23.1 Å². The standard InChI is InChI=1S/C21H15FN4O6S/c1-12-16(5-2-6-17(12)26(29)30)24-33(31,32)18-10-14(22)8-7-13(18)11-25-20(27)15-4-3-9-23-19(15)21(25)28/h2-10,24H,11H2,1H3. The Labute approximate surface area is 186 Å². The highest BCUT2D eigenvalue weighted by Gasteiger charge is 2.37. The quantitative estimate of drug-likeness (QED) is 0.332. The minimum Gasteiger partial charge on any atom is -0.279 e. The first-order valence-corrected chi connectivity index (χ1v) is 10.9. The summed E-state index contributed by atoms with van der Waals surface area (Å²) in [7, 11) is -4.45. The van der Waals surface area contributed by atoms with Crippen LogP contribution in [0.3, 0.4) is 0 Å². The lowest BCUT2D eigenvalue weighted by Gasteiger charge is -2.18. The molecule has 0 saturated carbocycles. The maximum absolute atomic E-state index is 14.0. The van der Waals surface area contributed by atoms with Crippen LogP contribution in [0.15, 0.2) is 59.6 Å². The van der Waals surface area contributed by atoms with E-state index in [4.69, 9.17) is 0 Å². The number of nitro groups is 1. The van der Waals surface area contributed by atoms with E-state index in [1.165, 1.54) is 43.5 Å². The van der Waals surface area contributed by atoms with Gasteiger partial charge in [0.05, 0.1) is 33.2 Å². The van der Waals surface area contributed by atoms with Gasteiger partial charge in [0.25, 0.3) is 27.5 Å². The van der Waals surface area contributed by atoms with E-state index < -0.39 is 44.0 Å². The summed E-state index contributed by atoms with van der Waals surface area (Å²) in [6.07, 6.45) is 1.35. The van der Waals surface area contributed by atoms with Crippen LogP contribution < -0.4 is 4.72 Å². The van der Waals surface area contributed by atoms with Crippen LogP contribution in [0, 0.1) is 22.9 Å². The Balaban J connectivity index is 1.71. The van der Waals surface area contributed by atoms with E-state index >= 15 is 0 Å². The number of carbonyl (C=O) groups is 2. The molecule has 2 amide bonds. The van der Waals surface area contributed by atoms with Crippen molar-refractivity contribution in [1.29, 1.82) is 0 Å². The largest absolute Gasteiger partial charge is 0.280 e. The van der Waals surface area contributed by atoms with Crippen LogP contribution in [0.25, 0.3) is 0 Å². The zero-order valence-electron chi connectivity index (χ0n) is 17.0. The van der Waals surface area contributed by atoms with Gasteiger partial charge in [-0.05, 0) is 42.8 Å². The molecule has 0 fully saturated rings. The number of fused-ring (bicyclic) bond motifs is 1. The van der Waals surface area contributed by atoms with Gasteiger partial charge in [0.1, 0.15) is 11.5 Å². The molecule has 3 aromatic rings. The predicted molar refractivity (Wildman–Crippen MR) is 113 cm³/mol. The SMILES string of the molecule is Cc1c(NS(=O)(=O)c2cc(F)ccc2CN2C(=O)c3cccnc3C2=O)cccc1[N+](=O)[O-]. The summed E-state index contributed by atoms with van der Waals surface area (Å²) in [6.45, 7) is 0.923. The van der Waals surface area contributed by atoms with E-state index in [2.05, 4.69) is 9.71 Å². The zero-order chi connectivity index (χ0) is 23.9. The van der Waals surface area contributed by atoms with Crippen molar-refractivity contribution in [3.63, 3.8) is 0 Å². The predicted octanol–water partition coefficient (Wildman–Crippen LogP) is 3.03. The molecule has 10 nitrogen and oxygen atoms in total. The monoisotopic (exact) mass is 470 g/mol. The second-order valence-corrected chi connectivity index (χ2v) is 8.81. The number of hydrogen-bond donors (Lipinski definition) is 1. The topological polar surface area (TPSA) is 140 Å². The Morgan fingerprint density at radius 3 is 2.58 bits per heavy atom. The van der Waals surface area contributed by atoms with Crippen LogP contribution in [0.5, 0.6) is 0 Å². The number of amides is 2. The Kier molecular flexibility index (Phi) is 5.38. The lowest BCUT2D eigenvalue weighted by Crippen LogP contribution is -2.30. The first-order chi connectivity index (χ1) is 15.6. The van der Waals surface area contributed by atoms with Crippen molar-refractivity contribution in [3.05, 3.63) is 93.0 Å². The van der Waals surface area contributed by atoms with Crippen molar-refractivity contribution >= 4 is 33.2 Å². The number of hydrogen-bond acceptors (Lipinski definition) is 7. The number of nitro benzene ring substituents is 1.